The highest BCUT2D eigenvalue weighted by Gasteiger charge is 2.20. The molecule has 0 bridgehead atoms. The molecule has 25 heavy (non-hydrogen) atoms. The van der Waals surface area contributed by atoms with Gasteiger partial charge < -0.3 is 0 Å². The van der Waals surface area contributed by atoms with E-state index in [1.807, 2.05) is 0 Å². The van der Waals surface area contributed by atoms with Crippen LogP contribution < -0.4 is 0 Å². The fourth-order valence-corrected chi connectivity index (χ4v) is 6.58. The Morgan fingerprint density at radius 2 is 1.48 bits per heavy atom. The molecular formula is C20H27Br2FS2. The molecule has 0 N–H and O–H groups in total. The molecule has 0 aliphatic heterocycles. The second kappa shape index (κ2) is 11.2. The zero-order valence-electron chi connectivity index (χ0n) is 15.1. The second-order valence-corrected chi connectivity index (χ2v) is 11.2. The van der Waals surface area contributed by atoms with Crippen LogP contribution >= 0.6 is 54.5 Å². The van der Waals surface area contributed by atoms with E-state index in [9.17, 15) is 4.39 Å². The summed E-state index contributed by atoms with van der Waals surface area (Å²) in [6.07, 6.45) is 11.7. The van der Waals surface area contributed by atoms with Crippen LogP contribution in [0.5, 0.6) is 0 Å². The lowest BCUT2D eigenvalue weighted by Crippen LogP contribution is -1.89. The quantitative estimate of drug-likeness (QED) is 0.264. The molecule has 0 atom stereocenters. The van der Waals surface area contributed by atoms with E-state index in [1.165, 1.54) is 59.2 Å². The number of aryl methyl sites for hydroxylation is 1. The van der Waals surface area contributed by atoms with Gasteiger partial charge in [0, 0.05) is 10.4 Å². The van der Waals surface area contributed by atoms with E-state index < -0.39 is 0 Å². The van der Waals surface area contributed by atoms with Crippen molar-refractivity contribution < 1.29 is 4.39 Å². The zero-order valence-corrected chi connectivity index (χ0v) is 19.9. The van der Waals surface area contributed by atoms with E-state index in [0.717, 1.165) is 29.7 Å². The molecule has 0 aliphatic rings. The maximum Gasteiger partial charge on any atom is 0.152 e. The average Bonchev–Trinajstić information content (AvgIpc) is 3.10. The fourth-order valence-electron chi connectivity index (χ4n) is 3.00. The molecular weight excluding hydrogens is 483 g/mol. The Bertz CT molecular complexity index is 661. The van der Waals surface area contributed by atoms with Gasteiger partial charge in [-0.05, 0) is 69.2 Å². The Morgan fingerprint density at radius 1 is 0.840 bits per heavy atom. The highest BCUT2D eigenvalue weighted by Crippen LogP contribution is 2.44. The third-order valence-electron chi connectivity index (χ3n) is 4.46. The third kappa shape index (κ3) is 6.15. The highest BCUT2D eigenvalue weighted by molar-refractivity contribution is 9.11. The lowest BCUT2D eigenvalue weighted by molar-refractivity contribution is 0.596. The Labute approximate surface area is 176 Å². The Morgan fingerprint density at radius 3 is 2.12 bits per heavy atom. The largest absolute Gasteiger partial charge is 0.204 e. The van der Waals surface area contributed by atoms with Crippen LogP contribution in [-0.4, -0.2) is 0 Å². The standard InChI is InChI=1S/C20H27Br2FS2/c1-3-5-7-9-11-14-13-16(24-19(14)21)18-15(12-10-8-6-4-2)17(23)20(22)25-18/h13H,3-12H2,1-2H3. The summed E-state index contributed by atoms with van der Waals surface area (Å²) in [5, 5.41) is 0. The summed E-state index contributed by atoms with van der Waals surface area (Å²) in [6, 6.07) is 2.27. The molecule has 0 saturated heterocycles. The van der Waals surface area contributed by atoms with Crippen molar-refractivity contribution in [1.29, 1.82) is 0 Å². The molecule has 5 heteroatoms. The van der Waals surface area contributed by atoms with E-state index in [2.05, 4.69) is 51.8 Å². The Kier molecular flexibility index (Phi) is 9.68. The molecule has 0 spiro atoms. The van der Waals surface area contributed by atoms with Crippen LogP contribution in [0.3, 0.4) is 0 Å². The molecule has 0 unspecified atom stereocenters. The molecule has 0 fully saturated rings. The van der Waals surface area contributed by atoms with Crippen molar-refractivity contribution in [3.63, 3.8) is 0 Å². The minimum Gasteiger partial charge on any atom is -0.204 e. The Balaban J connectivity index is 2.13. The van der Waals surface area contributed by atoms with Gasteiger partial charge in [-0.15, -0.1) is 22.7 Å². The predicted molar refractivity (Wildman–Crippen MR) is 119 cm³/mol. The van der Waals surface area contributed by atoms with Crippen LogP contribution in [0, 0.1) is 5.82 Å². The summed E-state index contributed by atoms with van der Waals surface area (Å²) in [5.74, 6) is -0.0504. The van der Waals surface area contributed by atoms with Crippen molar-refractivity contribution in [3.8, 4) is 9.75 Å². The zero-order chi connectivity index (χ0) is 18.2. The van der Waals surface area contributed by atoms with Crippen LogP contribution in [0.2, 0.25) is 0 Å². The van der Waals surface area contributed by atoms with Crippen molar-refractivity contribution >= 4 is 54.5 Å². The number of hydrogen-bond donors (Lipinski definition) is 0. The normalized spacial score (nSPS) is 11.4. The minimum atomic E-state index is -0.0504. The lowest BCUT2D eigenvalue weighted by atomic mass is 10.1. The predicted octanol–water partition coefficient (Wildman–Crippen LogP) is 9.39. The number of thiophene rings is 2. The molecule has 0 aliphatic carbocycles. The summed E-state index contributed by atoms with van der Waals surface area (Å²) in [6.45, 7) is 4.45. The van der Waals surface area contributed by atoms with Crippen molar-refractivity contribution in [1.82, 2.24) is 0 Å². The van der Waals surface area contributed by atoms with Gasteiger partial charge in [-0.1, -0.05) is 52.4 Å². The first-order valence-corrected chi connectivity index (χ1v) is 12.6. The van der Waals surface area contributed by atoms with Gasteiger partial charge in [0.1, 0.15) is 3.79 Å². The van der Waals surface area contributed by atoms with Crippen molar-refractivity contribution in [2.45, 2.75) is 78.1 Å². The van der Waals surface area contributed by atoms with Gasteiger partial charge in [0.2, 0.25) is 0 Å². The smallest absolute Gasteiger partial charge is 0.152 e. The van der Waals surface area contributed by atoms with Gasteiger partial charge in [-0.3, -0.25) is 0 Å². The molecule has 2 heterocycles. The molecule has 0 saturated carbocycles. The first-order chi connectivity index (χ1) is 12.1. The van der Waals surface area contributed by atoms with Crippen LogP contribution in [0.1, 0.15) is 76.3 Å². The van der Waals surface area contributed by atoms with Crippen LogP contribution in [-0.2, 0) is 12.8 Å². The van der Waals surface area contributed by atoms with Crippen molar-refractivity contribution in [3.05, 3.63) is 30.6 Å². The number of rotatable bonds is 11. The Hall–Kier alpha value is 0.290. The van der Waals surface area contributed by atoms with Gasteiger partial charge in [-0.25, -0.2) is 4.39 Å². The van der Waals surface area contributed by atoms with Crippen molar-refractivity contribution in [2.24, 2.45) is 0 Å². The molecule has 2 rings (SSSR count). The maximum absolute atomic E-state index is 14.6. The first kappa shape index (κ1) is 21.6. The summed E-state index contributed by atoms with van der Waals surface area (Å²) in [4.78, 5) is 2.32. The molecule has 0 nitrogen and oxygen atoms in total. The van der Waals surface area contributed by atoms with Gasteiger partial charge >= 0.3 is 0 Å². The van der Waals surface area contributed by atoms with Crippen LogP contribution in [0.25, 0.3) is 9.75 Å². The van der Waals surface area contributed by atoms with E-state index in [-0.39, 0.29) is 5.82 Å². The van der Waals surface area contributed by atoms with E-state index in [4.69, 9.17) is 0 Å². The van der Waals surface area contributed by atoms with Crippen LogP contribution in [0.15, 0.2) is 13.6 Å². The topological polar surface area (TPSA) is 0 Å². The molecule has 2 aromatic rings. The van der Waals surface area contributed by atoms with E-state index in [1.54, 1.807) is 22.7 Å². The molecule has 0 amide bonds. The van der Waals surface area contributed by atoms with Gasteiger partial charge in [-0.2, -0.15) is 0 Å². The molecule has 0 radical (unpaired) electrons. The highest BCUT2D eigenvalue weighted by atomic mass is 79.9. The summed E-state index contributed by atoms with van der Waals surface area (Å²) >= 11 is 10.4. The SMILES string of the molecule is CCCCCCc1cc(-c2sc(Br)c(F)c2CCCCCC)sc1Br. The molecule has 2 aromatic heterocycles. The maximum atomic E-state index is 14.6. The molecule has 0 aromatic carbocycles. The average molecular weight is 510 g/mol. The second-order valence-electron chi connectivity index (χ2n) is 6.53. The summed E-state index contributed by atoms with van der Waals surface area (Å²) in [5.41, 5.74) is 2.28. The van der Waals surface area contributed by atoms with Gasteiger partial charge in [0.25, 0.3) is 0 Å². The third-order valence-corrected chi connectivity index (χ3v) is 8.43. The first-order valence-electron chi connectivity index (χ1n) is 9.33. The molecule has 140 valence electrons. The van der Waals surface area contributed by atoms with E-state index in [0.29, 0.717) is 3.79 Å². The fraction of sp³-hybridized carbons (Fsp3) is 0.600. The monoisotopic (exact) mass is 508 g/mol. The van der Waals surface area contributed by atoms with Crippen LogP contribution in [0.4, 0.5) is 4.39 Å². The summed E-state index contributed by atoms with van der Waals surface area (Å²) < 4.78 is 16.4. The number of halogens is 3. The summed E-state index contributed by atoms with van der Waals surface area (Å²) in [7, 11) is 0. The minimum absolute atomic E-state index is 0.0504. The van der Waals surface area contributed by atoms with Crippen molar-refractivity contribution in [2.75, 3.05) is 0 Å². The number of unbranched alkanes of at least 4 members (excludes halogenated alkanes) is 6. The van der Waals surface area contributed by atoms with Gasteiger partial charge in [0.05, 0.1) is 8.66 Å². The number of hydrogen-bond acceptors (Lipinski definition) is 2. The van der Waals surface area contributed by atoms with E-state index >= 15 is 0 Å². The van der Waals surface area contributed by atoms with Gasteiger partial charge in [0.15, 0.2) is 5.82 Å². The lowest BCUT2D eigenvalue weighted by Gasteiger charge is -2.02.